The van der Waals surface area contributed by atoms with E-state index in [2.05, 4.69) is 6.07 Å². The summed E-state index contributed by atoms with van der Waals surface area (Å²) in [6.07, 6.45) is 1.18. The summed E-state index contributed by atoms with van der Waals surface area (Å²) in [6.45, 7) is 3.60. The van der Waals surface area contributed by atoms with Crippen LogP contribution in [0.2, 0.25) is 0 Å². The highest BCUT2D eigenvalue weighted by molar-refractivity contribution is 7.12. The monoisotopic (exact) mass is 264 g/mol. The van der Waals surface area contributed by atoms with Crippen LogP contribution >= 0.6 is 11.3 Å². The lowest BCUT2D eigenvalue weighted by atomic mass is 9.92. The standard InChI is InChI=1S/C13H16N2O2S/c1-2-17-13(10-14)5-7-15(8-6-13)12(16)11-4-3-9-18-11/h3-4,9H,2,5-8H2,1H3. The fourth-order valence-corrected chi connectivity index (χ4v) is 2.88. The third-order valence-corrected chi connectivity index (χ3v) is 4.07. The van der Waals surface area contributed by atoms with Crippen molar-refractivity contribution in [2.75, 3.05) is 19.7 Å². The van der Waals surface area contributed by atoms with Crippen LogP contribution in [0.5, 0.6) is 0 Å². The third-order valence-electron chi connectivity index (χ3n) is 3.21. The Morgan fingerprint density at radius 3 is 2.83 bits per heavy atom. The predicted octanol–water partition coefficient (Wildman–Crippen LogP) is 2.28. The Morgan fingerprint density at radius 2 is 2.33 bits per heavy atom. The Hall–Kier alpha value is -1.38. The Bertz CT molecular complexity index is 442. The first-order valence-corrected chi connectivity index (χ1v) is 6.97. The molecule has 0 bridgehead atoms. The molecule has 0 atom stereocenters. The number of hydrogen-bond acceptors (Lipinski definition) is 4. The molecular weight excluding hydrogens is 248 g/mol. The number of rotatable bonds is 3. The fraction of sp³-hybridized carbons (Fsp3) is 0.538. The number of thiophene rings is 1. The number of nitrogens with zero attached hydrogens (tertiary/aromatic N) is 2. The first-order chi connectivity index (χ1) is 8.71. The van der Waals surface area contributed by atoms with Gasteiger partial charge in [-0.3, -0.25) is 4.79 Å². The van der Waals surface area contributed by atoms with E-state index in [-0.39, 0.29) is 5.91 Å². The van der Waals surface area contributed by atoms with Crippen LogP contribution in [0.4, 0.5) is 0 Å². The van der Waals surface area contributed by atoms with E-state index in [1.807, 2.05) is 24.4 Å². The maximum Gasteiger partial charge on any atom is 0.263 e. The molecule has 0 radical (unpaired) electrons. The predicted molar refractivity (Wildman–Crippen MR) is 69.4 cm³/mol. The molecule has 96 valence electrons. The first-order valence-electron chi connectivity index (χ1n) is 6.09. The van der Waals surface area contributed by atoms with Crippen LogP contribution in [0.3, 0.4) is 0 Å². The van der Waals surface area contributed by atoms with Crippen molar-refractivity contribution in [3.8, 4) is 6.07 Å². The van der Waals surface area contributed by atoms with Gasteiger partial charge in [-0.25, -0.2) is 0 Å². The van der Waals surface area contributed by atoms with Gasteiger partial charge in [-0.2, -0.15) is 5.26 Å². The van der Waals surface area contributed by atoms with E-state index in [4.69, 9.17) is 4.74 Å². The van der Waals surface area contributed by atoms with E-state index >= 15 is 0 Å². The van der Waals surface area contributed by atoms with Gasteiger partial charge in [0, 0.05) is 32.5 Å². The smallest absolute Gasteiger partial charge is 0.263 e. The molecule has 4 nitrogen and oxygen atoms in total. The molecule has 0 spiro atoms. The Labute approximate surface area is 111 Å². The summed E-state index contributed by atoms with van der Waals surface area (Å²) in [5.41, 5.74) is -0.693. The number of likely N-dealkylation sites (tertiary alicyclic amines) is 1. The van der Waals surface area contributed by atoms with Gasteiger partial charge in [-0.15, -0.1) is 11.3 Å². The van der Waals surface area contributed by atoms with Gasteiger partial charge < -0.3 is 9.64 Å². The molecule has 1 aliphatic rings. The highest BCUT2D eigenvalue weighted by atomic mass is 32.1. The summed E-state index contributed by atoms with van der Waals surface area (Å²) in [6, 6.07) is 5.97. The van der Waals surface area contributed by atoms with E-state index in [0.29, 0.717) is 32.5 Å². The summed E-state index contributed by atoms with van der Waals surface area (Å²) in [5, 5.41) is 11.1. The average Bonchev–Trinajstić information content (AvgIpc) is 2.93. The molecule has 0 aliphatic carbocycles. The number of amides is 1. The van der Waals surface area contributed by atoms with Gasteiger partial charge in [0.1, 0.15) is 0 Å². The zero-order chi connectivity index (χ0) is 13.0. The maximum absolute atomic E-state index is 12.1. The topological polar surface area (TPSA) is 53.3 Å². The van der Waals surface area contributed by atoms with Crippen molar-refractivity contribution < 1.29 is 9.53 Å². The zero-order valence-corrected chi connectivity index (χ0v) is 11.2. The van der Waals surface area contributed by atoms with Gasteiger partial charge in [0.15, 0.2) is 5.60 Å². The molecule has 1 fully saturated rings. The Balaban J connectivity index is 1.98. The minimum Gasteiger partial charge on any atom is -0.360 e. The van der Waals surface area contributed by atoms with Gasteiger partial charge in [-0.05, 0) is 18.4 Å². The van der Waals surface area contributed by atoms with E-state index < -0.39 is 5.60 Å². The van der Waals surface area contributed by atoms with Crippen molar-refractivity contribution in [1.82, 2.24) is 4.90 Å². The van der Waals surface area contributed by atoms with Crippen LogP contribution in [-0.2, 0) is 4.74 Å². The largest absolute Gasteiger partial charge is 0.360 e. The average molecular weight is 264 g/mol. The Kier molecular flexibility index (Phi) is 4.00. The van der Waals surface area contributed by atoms with Crippen LogP contribution in [0, 0.1) is 11.3 Å². The first kappa shape index (κ1) is 13.1. The van der Waals surface area contributed by atoms with Crippen LogP contribution in [0.1, 0.15) is 29.4 Å². The summed E-state index contributed by atoms with van der Waals surface area (Å²) in [7, 11) is 0. The number of piperidine rings is 1. The minimum absolute atomic E-state index is 0.0630. The van der Waals surface area contributed by atoms with Gasteiger partial charge in [-0.1, -0.05) is 6.07 Å². The lowest BCUT2D eigenvalue weighted by Gasteiger charge is -2.36. The van der Waals surface area contributed by atoms with Gasteiger partial charge in [0.25, 0.3) is 5.91 Å². The Morgan fingerprint density at radius 1 is 1.61 bits per heavy atom. The van der Waals surface area contributed by atoms with Gasteiger partial charge >= 0.3 is 0 Å². The molecule has 1 amide bonds. The van der Waals surface area contributed by atoms with Crippen LogP contribution in [0.15, 0.2) is 17.5 Å². The number of carbonyl (C=O) groups is 1. The molecule has 2 rings (SSSR count). The van der Waals surface area contributed by atoms with Crippen molar-refractivity contribution >= 4 is 17.2 Å². The lowest BCUT2D eigenvalue weighted by molar-refractivity contribution is -0.0343. The zero-order valence-electron chi connectivity index (χ0n) is 10.4. The molecule has 1 aromatic heterocycles. The second-order valence-corrected chi connectivity index (χ2v) is 5.26. The van der Waals surface area contributed by atoms with Gasteiger partial charge in [0.2, 0.25) is 0 Å². The number of hydrogen-bond donors (Lipinski definition) is 0. The van der Waals surface area contributed by atoms with Crippen molar-refractivity contribution in [3.05, 3.63) is 22.4 Å². The summed E-state index contributed by atoms with van der Waals surface area (Å²) in [4.78, 5) is 14.7. The molecule has 0 saturated carbocycles. The molecule has 0 unspecified atom stereocenters. The quantitative estimate of drug-likeness (QED) is 0.841. The van der Waals surface area contributed by atoms with Crippen molar-refractivity contribution in [3.63, 3.8) is 0 Å². The molecule has 18 heavy (non-hydrogen) atoms. The number of carbonyl (C=O) groups excluding carboxylic acids is 1. The highest BCUT2D eigenvalue weighted by Gasteiger charge is 2.36. The third kappa shape index (κ3) is 2.55. The SMILES string of the molecule is CCOC1(C#N)CCN(C(=O)c2cccs2)CC1. The molecule has 0 aromatic carbocycles. The van der Waals surface area contributed by atoms with Crippen molar-refractivity contribution in [2.45, 2.75) is 25.4 Å². The van der Waals surface area contributed by atoms with Crippen LogP contribution in [0.25, 0.3) is 0 Å². The highest BCUT2D eigenvalue weighted by Crippen LogP contribution is 2.27. The van der Waals surface area contributed by atoms with Crippen molar-refractivity contribution in [1.29, 1.82) is 5.26 Å². The second-order valence-electron chi connectivity index (χ2n) is 4.31. The maximum atomic E-state index is 12.1. The molecule has 0 N–H and O–H groups in total. The van der Waals surface area contributed by atoms with E-state index in [1.165, 1.54) is 11.3 Å². The second kappa shape index (κ2) is 5.51. The van der Waals surface area contributed by atoms with E-state index in [1.54, 1.807) is 4.90 Å². The molecular formula is C13H16N2O2S. The van der Waals surface area contributed by atoms with Crippen LogP contribution < -0.4 is 0 Å². The summed E-state index contributed by atoms with van der Waals surface area (Å²) < 4.78 is 5.54. The number of nitriles is 1. The van der Waals surface area contributed by atoms with Crippen molar-refractivity contribution in [2.24, 2.45) is 0 Å². The van der Waals surface area contributed by atoms with Crippen LogP contribution in [-0.4, -0.2) is 36.1 Å². The van der Waals surface area contributed by atoms with E-state index in [9.17, 15) is 10.1 Å². The number of ether oxygens (including phenoxy) is 1. The molecule has 5 heteroatoms. The lowest BCUT2D eigenvalue weighted by Crippen LogP contribution is -2.47. The fourth-order valence-electron chi connectivity index (χ4n) is 2.19. The summed E-state index contributed by atoms with van der Waals surface area (Å²) in [5.74, 6) is 0.0630. The molecule has 2 heterocycles. The minimum atomic E-state index is -0.693. The summed E-state index contributed by atoms with van der Waals surface area (Å²) >= 11 is 1.45. The molecule has 1 aromatic rings. The molecule has 1 saturated heterocycles. The molecule has 1 aliphatic heterocycles. The normalized spacial score (nSPS) is 18.3. The van der Waals surface area contributed by atoms with Gasteiger partial charge in [0.05, 0.1) is 10.9 Å². The van der Waals surface area contributed by atoms with E-state index in [0.717, 1.165) is 4.88 Å².